The molecule has 3 N–H and O–H groups in total. The lowest BCUT2D eigenvalue weighted by atomic mass is 9.96. The topological polar surface area (TPSA) is 92.5 Å². The monoisotopic (exact) mass is 421 g/mol. The van der Waals surface area contributed by atoms with Crippen molar-refractivity contribution in [2.45, 2.75) is 30.4 Å². The molecular weight excluding hydrogens is 398 g/mol. The molecule has 4 rings (SSSR count). The molecule has 1 heterocycles. The summed E-state index contributed by atoms with van der Waals surface area (Å²) in [4.78, 5) is 13.9. The molecule has 0 bridgehead atoms. The van der Waals surface area contributed by atoms with E-state index >= 15 is 0 Å². The average molecular weight is 422 g/mol. The molecule has 154 valence electrons. The average Bonchev–Trinajstić information content (AvgIpc) is 2.76. The molecule has 30 heavy (non-hydrogen) atoms. The Labute approximate surface area is 176 Å². The van der Waals surface area contributed by atoms with Crippen LogP contribution < -0.4 is 15.4 Å². The van der Waals surface area contributed by atoms with Gasteiger partial charge in [0.1, 0.15) is 0 Å². The smallest absolute Gasteiger partial charge is 0.248 e. The highest BCUT2D eigenvalue weighted by molar-refractivity contribution is 7.89. The van der Waals surface area contributed by atoms with Gasteiger partial charge in [-0.05, 0) is 54.3 Å². The number of hydrogen-bond donors (Lipinski definition) is 2. The number of aryl methyl sites for hydroxylation is 1. The highest BCUT2D eigenvalue weighted by Crippen LogP contribution is 2.32. The predicted molar refractivity (Wildman–Crippen MR) is 116 cm³/mol. The number of nitrogens with one attached hydrogen (secondary N) is 1. The van der Waals surface area contributed by atoms with Gasteiger partial charge in [0.05, 0.1) is 11.1 Å². The molecule has 0 radical (unpaired) electrons. The van der Waals surface area contributed by atoms with Crippen LogP contribution >= 0.6 is 0 Å². The number of fused-ring (bicyclic) bond motifs is 1. The fraction of sp³-hybridized carbons (Fsp3) is 0.174. The minimum atomic E-state index is -3.68. The molecule has 3 aromatic rings. The second kappa shape index (κ2) is 8.30. The maximum absolute atomic E-state index is 13.0. The van der Waals surface area contributed by atoms with E-state index in [1.807, 2.05) is 41.3 Å². The van der Waals surface area contributed by atoms with Crippen molar-refractivity contribution in [1.82, 2.24) is 4.72 Å². The van der Waals surface area contributed by atoms with E-state index in [0.29, 0.717) is 24.9 Å². The van der Waals surface area contributed by atoms with Crippen molar-refractivity contribution < 1.29 is 13.2 Å². The van der Waals surface area contributed by atoms with Crippen molar-refractivity contribution in [3.63, 3.8) is 0 Å². The number of carbonyl (C=O) groups is 1. The summed E-state index contributed by atoms with van der Waals surface area (Å²) in [7, 11) is -3.68. The van der Waals surface area contributed by atoms with Crippen LogP contribution in [0.3, 0.4) is 0 Å². The first kappa shape index (κ1) is 20.1. The number of sulfonamides is 1. The number of rotatable bonds is 6. The molecule has 3 aromatic carbocycles. The third-order valence-electron chi connectivity index (χ3n) is 5.28. The molecule has 1 amide bonds. The summed E-state index contributed by atoms with van der Waals surface area (Å²) in [5.74, 6) is -0.473. The fourth-order valence-electron chi connectivity index (χ4n) is 3.78. The first-order chi connectivity index (χ1) is 14.4. The summed E-state index contributed by atoms with van der Waals surface area (Å²) in [5.41, 5.74) is 8.84. The van der Waals surface area contributed by atoms with Gasteiger partial charge in [-0.25, -0.2) is 8.42 Å². The second-order valence-electron chi connectivity index (χ2n) is 7.31. The van der Waals surface area contributed by atoms with Crippen LogP contribution in [0.4, 0.5) is 5.69 Å². The molecule has 0 fully saturated rings. The summed E-state index contributed by atoms with van der Waals surface area (Å²) in [5, 5.41) is 0. The van der Waals surface area contributed by atoms with E-state index in [-0.39, 0.29) is 4.90 Å². The van der Waals surface area contributed by atoms with Crippen LogP contribution in [0.15, 0.2) is 83.8 Å². The van der Waals surface area contributed by atoms with Crippen molar-refractivity contribution >= 4 is 21.6 Å². The number of amides is 1. The Bertz CT molecular complexity index is 1150. The van der Waals surface area contributed by atoms with Crippen LogP contribution in [0.5, 0.6) is 0 Å². The third kappa shape index (κ3) is 4.22. The fourth-order valence-corrected chi connectivity index (χ4v) is 5.03. The first-order valence-electron chi connectivity index (χ1n) is 9.75. The Morgan fingerprint density at radius 2 is 1.67 bits per heavy atom. The van der Waals surface area contributed by atoms with E-state index < -0.39 is 22.1 Å². The van der Waals surface area contributed by atoms with Crippen LogP contribution in [-0.4, -0.2) is 20.5 Å². The molecule has 0 saturated carbocycles. The zero-order chi connectivity index (χ0) is 21.1. The van der Waals surface area contributed by atoms with E-state index in [1.54, 1.807) is 42.5 Å². The predicted octanol–water partition coefficient (Wildman–Crippen LogP) is 3.04. The Hall–Kier alpha value is -3.16. The molecule has 0 aliphatic carbocycles. The van der Waals surface area contributed by atoms with Crippen molar-refractivity contribution in [2.24, 2.45) is 5.73 Å². The maximum atomic E-state index is 13.0. The first-order valence-corrected chi connectivity index (χ1v) is 11.2. The Morgan fingerprint density at radius 1 is 1.00 bits per heavy atom. The van der Waals surface area contributed by atoms with Gasteiger partial charge >= 0.3 is 0 Å². The van der Waals surface area contributed by atoms with Crippen LogP contribution in [0.2, 0.25) is 0 Å². The van der Waals surface area contributed by atoms with Gasteiger partial charge in [0.15, 0.2) is 0 Å². The van der Waals surface area contributed by atoms with Gasteiger partial charge in [-0.3, -0.25) is 4.79 Å². The highest BCUT2D eigenvalue weighted by atomic mass is 32.2. The molecule has 6 nitrogen and oxygen atoms in total. The van der Waals surface area contributed by atoms with Gasteiger partial charge in [0.25, 0.3) is 0 Å². The molecule has 0 spiro atoms. The van der Waals surface area contributed by atoms with Gasteiger partial charge in [-0.2, -0.15) is 4.72 Å². The van der Waals surface area contributed by atoms with Crippen LogP contribution in [-0.2, 0) is 23.0 Å². The Kier molecular flexibility index (Phi) is 5.57. The summed E-state index contributed by atoms with van der Waals surface area (Å²) in [6, 6.07) is 23.6. The molecule has 1 aliphatic heterocycles. The largest absolute Gasteiger partial charge is 0.366 e. The number of nitrogens with zero attached hydrogens (tertiary/aromatic N) is 1. The molecular formula is C23H23N3O3S. The molecule has 1 unspecified atom stereocenters. The minimum Gasteiger partial charge on any atom is -0.366 e. The number of hydrogen-bond acceptors (Lipinski definition) is 4. The van der Waals surface area contributed by atoms with Gasteiger partial charge in [-0.1, -0.05) is 48.5 Å². The number of primary amides is 1. The lowest BCUT2D eigenvalue weighted by Gasteiger charge is -2.39. The van der Waals surface area contributed by atoms with Crippen LogP contribution in [0.1, 0.15) is 27.9 Å². The van der Waals surface area contributed by atoms with E-state index in [4.69, 9.17) is 5.73 Å². The highest BCUT2D eigenvalue weighted by Gasteiger charge is 2.30. The zero-order valence-electron chi connectivity index (χ0n) is 16.4. The van der Waals surface area contributed by atoms with Gasteiger partial charge in [0.2, 0.25) is 15.9 Å². The standard InChI is InChI=1S/C23H23N3O3S/c24-23(27)19-11-13-21-18(15-19)12-14-22(26(21)16-17-7-3-1-4-8-17)25-30(28,29)20-9-5-2-6-10-20/h1-11,13,15,22,25H,12,14,16H2,(H2,24,27). The third-order valence-corrected chi connectivity index (χ3v) is 6.75. The maximum Gasteiger partial charge on any atom is 0.248 e. The van der Waals surface area contributed by atoms with E-state index in [2.05, 4.69) is 4.72 Å². The summed E-state index contributed by atoms with van der Waals surface area (Å²) in [6.45, 7) is 0.533. The van der Waals surface area contributed by atoms with Crippen molar-refractivity contribution in [3.8, 4) is 0 Å². The van der Waals surface area contributed by atoms with Crippen LogP contribution in [0.25, 0.3) is 0 Å². The zero-order valence-corrected chi connectivity index (χ0v) is 17.2. The van der Waals surface area contributed by atoms with E-state index in [0.717, 1.165) is 16.8 Å². The number of benzene rings is 3. The lowest BCUT2D eigenvalue weighted by molar-refractivity contribution is 0.1000. The molecule has 0 saturated heterocycles. The van der Waals surface area contributed by atoms with Crippen molar-refractivity contribution in [2.75, 3.05) is 4.90 Å². The van der Waals surface area contributed by atoms with Gasteiger partial charge < -0.3 is 10.6 Å². The SMILES string of the molecule is NC(=O)c1ccc2c(c1)CCC(NS(=O)(=O)c1ccccc1)N2Cc1ccccc1. The Balaban J connectivity index is 1.69. The van der Waals surface area contributed by atoms with E-state index in [9.17, 15) is 13.2 Å². The minimum absolute atomic E-state index is 0.236. The number of anilines is 1. The number of nitrogens with two attached hydrogens (primary N) is 1. The van der Waals surface area contributed by atoms with Crippen LogP contribution in [0, 0.1) is 0 Å². The van der Waals surface area contributed by atoms with E-state index in [1.165, 1.54) is 0 Å². The van der Waals surface area contributed by atoms with Crippen molar-refractivity contribution in [3.05, 3.63) is 95.6 Å². The summed E-state index contributed by atoms with van der Waals surface area (Å²) < 4.78 is 28.8. The second-order valence-corrected chi connectivity index (χ2v) is 9.02. The molecule has 0 aromatic heterocycles. The normalized spacial score (nSPS) is 16.1. The summed E-state index contributed by atoms with van der Waals surface area (Å²) >= 11 is 0. The molecule has 1 atom stereocenters. The molecule has 7 heteroatoms. The van der Waals surface area contributed by atoms with Gasteiger partial charge in [-0.15, -0.1) is 0 Å². The van der Waals surface area contributed by atoms with Gasteiger partial charge in [0, 0.05) is 17.8 Å². The Morgan fingerprint density at radius 3 is 2.33 bits per heavy atom. The van der Waals surface area contributed by atoms with Crippen molar-refractivity contribution in [1.29, 1.82) is 0 Å². The summed E-state index contributed by atoms with van der Waals surface area (Å²) in [6.07, 6.45) is 0.806. The number of carbonyl (C=O) groups excluding carboxylic acids is 1. The lowest BCUT2D eigenvalue weighted by Crippen LogP contribution is -2.50. The quantitative estimate of drug-likeness (QED) is 0.640. The molecule has 1 aliphatic rings.